The molecular formula is C43H51BrFNO7S2. The molecule has 296 valence electrons. The molecule has 1 heterocycles. The number of aliphatic carboxylic acids is 1. The number of hydrogen-bond acceptors (Lipinski definition) is 7. The fourth-order valence-electron chi connectivity index (χ4n) is 7.90. The monoisotopic (exact) mass is 855 g/mol. The Morgan fingerprint density at radius 1 is 0.836 bits per heavy atom. The smallest absolute Gasteiger partial charge is 0.307 e. The molecule has 4 aromatic rings. The van der Waals surface area contributed by atoms with Gasteiger partial charge in [-0.15, -0.1) is 0 Å². The van der Waals surface area contributed by atoms with Crippen molar-refractivity contribution in [2.45, 2.75) is 85.2 Å². The number of carboxylic acid groups (broad SMARTS) is 1. The first kappa shape index (κ1) is 42.5. The zero-order chi connectivity index (χ0) is 40.2. The number of pyridine rings is 1. The number of unbranched alkanes of at least 4 members (excludes halogenated alkanes) is 2. The summed E-state index contributed by atoms with van der Waals surface area (Å²) >= 11 is 3.54. The Kier molecular flexibility index (Phi) is 13.7. The summed E-state index contributed by atoms with van der Waals surface area (Å²) in [5, 5.41) is 9.30. The van der Waals surface area contributed by atoms with E-state index < -0.39 is 25.6 Å². The number of sulfone groups is 2. The van der Waals surface area contributed by atoms with Gasteiger partial charge in [-0.05, 0) is 146 Å². The summed E-state index contributed by atoms with van der Waals surface area (Å²) < 4.78 is 66.4. The van der Waals surface area contributed by atoms with Crippen LogP contribution in [0.2, 0.25) is 0 Å². The average Bonchev–Trinajstić information content (AvgIpc) is 3.68. The van der Waals surface area contributed by atoms with E-state index in [-0.39, 0.29) is 35.9 Å². The lowest BCUT2D eigenvalue weighted by Crippen LogP contribution is -2.06. The first-order valence-electron chi connectivity index (χ1n) is 18.7. The molecule has 0 radical (unpaired) electrons. The number of benzene rings is 3. The molecule has 8 nitrogen and oxygen atoms in total. The second-order valence-electron chi connectivity index (χ2n) is 15.4. The first-order valence-corrected chi connectivity index (χ1v) is 23.6. The highest BCUT2D eigenvalue weighted by atomic mass is 79.9. The molecule has 12 heteroatoms. The van der Waals surface area contributed by atoms with Crippen molar-refractivity contribution in [1.29, 1.82) is 0 Å². The van der Waals surface area contributed by atoms with Gasteiger partial charge in [0, 0.05) is 52.2 Å². The van der Waals surface area contributed by atoms with Gasteiger partial charge < -0.3 is 9.84 Å². The third-order valence-electron chi connectivity index (χ3n) is 10.5. The summed E-state index contributed by atoms with van der Waals surface area (Å²) in [6.45, 7) is 8.27. The van der Waals surface area contributed by atoms with E-state index in [4.69, 9.17) is 4.74 Å². The minimum atomic E-state index is -2.94. The maximum atomic E-state index is 14.7. The average molecular weight is 857 g/mol. The second kappa shape index (κ2) is 17.7. The minimum absolute atomic E-state index is 0.0343. The largest absolute Gasteiger partial charge is 0.481 e. The van der Waals surface area contributed by atoms with Crippen LogP contribution in [0.4, 0.5) is 4.39 Å². The predicted octanol–water partition coefficient (Wildman–Crippen LogP) is 8.85. The standard InChI is InChI=1S/C30H32FNO5S.C13H19BrO2S/c1-17-10-19(6-4-5-9-38(3,35)36)11-18(2)27(17)20-7-8-25(31)22(12-20)16-37-26-14-21-13-23-28(24(21)15-32-26)29(23)30(33)34;1-10-8-12(9-11(2)13(10)14)6-4-5-7-17(3,15)16/h7-8,10-12,14-15,23,28-29H,4-6,9,13,16H2,1-3H3,(H,33,34);8-9H,4-7H2,1-3H3/t23-,28-,29+;/m1./s1. The van der Waals surface area contributed by atoms with Crippen LogP contribution >= 0.6 is 15.9 Å². The molecule has 0 unspecified atom stereocenters. The van der Waals surface area contributed by atoms with E-state index in [2.05, 4.69) is 59.0 Å². The Morgan fingerprint density at radius 2 is 1.38 bits per heavy atom. The molecule has 1 saturated carbocycles. The fourth-order valence-corrected chi connectivity index (χ4v) is 9.58. The highest BCUT2D eigenvalue weighted by Crippen LogP contribution is 2.61. The van der Waals surface area contributed by atoms with Gasteiger partial charge in [-0.2, -0.15) is 0 Å². The fraction of sp³-hybridized carbons (Fsp3) is 0.442. The number of aromatic nitrogens is 1. The normalized spacial score (nSPS) is 17.2. The van der Waals surface area contributed by atoms with E-state index >= 15 is 0 Å². The van der Waals surface area contributed by atoms with Crippen molar-refractivity contribution in [3.8, 4) is 17.0 Å². The van der Waals surface area contributed by atoms with E-state index in [1.54, 1.807) is 12.3 Å². The van der Waals surface area contributed by atoms with Gasteiger partial charge in [-0.25, -0.2) is 26.2 Å². The van der Waals surface area contributed by atoms with Crippen molar-refractivity contribution < 1.29 is 35.9 Å². The zero-order valence-electron chi connectivity index (χ0n) is 32.4. The molecule has 3 atom stereocenters. The highest BCUT2D eigenvalue weighted by molar-refractivity contribution is 9.10. The lowest BCUT2D eigenvalue weighted by molar-refractivity contribution is -0.139. The van der Waals surface area contributed by atoms with Gasteiger partial charge >= 0.3 is 5.97 Å². The van der Waals surface area contributed by atoms with Crippen LogP contribution in [0.25, 0.3) is 11.1 Å². The Balaban J connectivity index is 0.000000287. The number of ether oxygens (including phenoxy) is 1. The van der Waals surface area contributed by atoms with Gasteiger partial charge in [0.25, 0.3) is 0 Å². The first-order chi connectivity index (χ1) is 25.8. The molecule has 1 aromatic heterocycles. The maximum absolute atomic E-state index is 14.7. The van der Waals surface area contributed by atoms with Crippen LogP contribution in [0.15, 0.2) is 59.2 Å². The number of hydrogen-bond donors (Lipinski definition) is 1. The van der Waals surface area contributed by atoms with Crippen LogP contribution in [-0.2, 0) is 50.3 Å². The number of nitrogens with zero attached hydrogens (tertiary/aromatic N) is 1. The van der Waals surface area contributed by atoms with E-state index in [0.29, 0.717) is 30.0 Å². The summed E-state index contributed by atoms with van der Waals surface area (Å²) in [5.41, 5.74) is 11.6. The van der Waals surface area contributed by atoms with Crippen molar-refractivity contribution >= 4 is 41.6 Å². The minimum Gasteiger partial charge on any atom is -0.481 e. The number of rotatable bonds is 15. The van der Waals surface area contributed by atoms with Crippen molar-refractivity contribution in [2.75, 3.05) is 24.0 Å². The summed E-state index contributed by atoms with van der Waals surface area (Å²) in [6.07, 6.45) is 9.86. The predicted molar refractivity (Wildman–Crippen MR) is 220 cm³/mol. The van der Waals surface area contributed by atoms with E-state index in [1.807, 2.05) is 26.0 Å². The molecular weight excluding hydrogens is 806 g/mol. The van der Waals surface area contributed by atoms with Gasteiger partial charge in [0.15, 0.2) is 0 Å². The van der Waals surface area contributed by atoms with Crippen LogP contribution in [0.3, 0.4) is 0 Å². The van der Waals surface area contributed by atoms with Gasteiger partial charge in [-0.1, -0.05) is 46.3 Å². The number of aryl methyl sites for hydroxylation is 6. The molecule has 2 aliphatic carbocycles. The lowest BCUT2D eigenvalue weighted by atomic mass is 9.91. The van der Waals surface area contributed by atoms with Crippen LogP contribution in [0.5, 0.6) is 5.88 Å². The summed E-state index contributed by atoms with van der Waals surface area (Å²) in [5.74, 6) is -0.270. The summed E-state index contributed by atoms with van der Waals surface area (Å²) in [4.78, 5) is 15.7. The van der Waals surface area contributed by atoms with E-state index in [0.717, 1.165) is 75.5 Å². The summed E-state index contributed by atoms with van der Waals surface area (Å²) in [7, 11) is -5.75. The number of carboxylic acids is 1. The molecule has 0 aliphatic heterocycles. The topological polar surface area (TPSA) is 128 Å². The van der Waals surface area contributed by atoms with Gasteiger partial charge in [0.1, 0.15) is 32.1 Å². The Morgan fingerprint density at radius 3 is 1.91 bits per heavy atom. The molecule has 2 aliphatic rings. The summed E-state index contributed by atoms with van der Waals surface area (Å²) in [6, 6.07) is 15.5. The van der Waals surface area contributed by atoms with Crippen molar-refractivity contribution in [1.82, 2.24) is 4.98 Å². The third kappa shape index (κ3) is 11.5. The van der Waals surface area contributed by atoms with Gasteiger partial charge in [-0.3, -0.25) is 4.79 Å². The molecule has 0 bridgehead atoms. The molecule has 1 N–H and O–H groups in total. The highest BCUT2D eigenvalue weighted by Gasteiger charge is 2.60. The van der Waals surface area contributed by atoms with Gasteiger partial charge in [0.2, 0.25) is 5.88 Å². The van der Waals surface area contributed by atoms with Crippen LogP contribution in [0.1, 0.15) is 81.7 Å². The van der Waals surface area contributed by atoms with Crippen LogP contribution in [-0.4, -0.2) is 56.9 Å². The molecule has 0 amide bonds. The zero-order valence-corrected chi connectivity index (χ0v) is 35.6. The third-order valence-corrected chi connectivity index (χ3v) is 13.8. The molecule has 3 aromatic carbocycles. The quantitative estimate of drug-likeness (QED) is 0.118. The Labute approximate surface area is 333 Å². The maximum Gasteiger partial charge on any atom is 0.307 e. The van der Waals surface area contributed by atoms with Crippen LogP contribution in [0, 0.1) is 45.3 Å². The molecule has 55 heavy (non-hydrogen) atoms. The molecule has 6 rings (SSSR count). The molecule has 1 fully saturated rings. The van der Waals surface area contributed by atoms with E-state index in [9.17, 15) is 31.1 Å². The van der Waals surface area contributed by atoms with Crippen molar-refractivity contribution in [3.63, 3.8) is 0 Å². The van der Waals surface area contributed by atoms with Gasteiger partial charge in [0.05, 0.1) is 5.92 Å². The number of carbonyl (C=O) groups is 1. The molecule has 0 spiro atoms. The number of fused-ring (bicyclic) bond motifs is 3. The second-order valence-corrected chi connectivity index (χ2v) is 20.7. The van der Waals surface area contributed by atoms with Crippen molar-refractivity contribution in [3.05, 3.63) is 115 Å². The Bertz CT molecular complexity index is 2250. The SMILES string of the molecule is Cc1cc(CCCCS(C)(=O)=O)cc(C)c1-c1ccc(F)c(COc2cc3c(cn2)[C@H]2[C@@H](C3)[C@@H]2C(=O)O)c1.Cc1cc(CCCCS(C)(=O)=O)cc(C)c1Br. The van der Waals surface area contributed by atoms with E-state index in [1.165, 1.54) is 35.3 Å². The molecule has 0 saturated heterocycles. The van der Waals surface area contributed by atoms with Crippen LogP contribution < -0.4 is 4.74 Å². The lowest BCUT2D eigenvalue weighted by Gasteiger charge is -2.15. The number of halogens is 2. The Hall–Kier alpha value is -3.61. The van der Waals surface area contributed by atoms with Crippen molar-refractivity contribution in [2.24, 2.45) is 11.8 Å².